The van der Waals surface area contributed by atoms with Gasteiger partial charge in [0.05, 0.1) is 5.56 Å². The molecule has 1 nitrogen and oxygen atoms in total. The molecule has 0 amide bonds. The van der Waals surface area contributed by atoms with E-state index in [0.29, 0.717) is 5.92 Å². The minimum Gasteiger partial charge on any atom is -0.206 e. The van der Waals surface area contributed by atoms with Crippen molar-refractivity contribution in [2.45, 2.75) is 31.6 Å². The maximum absolute atomic E-state index is 13.0. The Balaban J connectivity index is 2.31. The van der Waals surface area contributed by atoms with E-state index in [2.05, 4.69) is 0 Å². The molecule has 2 heteroatoms. The summed E-state index contributed by atoms with van der Waals surface area (Å²) in [6.45, 7) is 0. The fourth-order valence-corrected chi connectivity index (χ4v) is 2.14. The molecular weight excluding hydrogens is 177 g/mol. The van der Waals surface area contributed by atoms with Gasteiger partial charge in [-0.2, -0.15) is 5.26 Å². The molecule has 72 valence electrons. The van der Waals surface area contributed by atoms with Gasteiger partial charge in [0.1, 0.15) is 11.9 Å². The number of hydrogen-bond donors (Lipinski definition) is 0. The number of halogens is 1. The first-order valence-corrected chi connectivity index (χ1v) is 5.01. The van der Waals surface area contributed by atoms with Crippen molar-refractivity contribution >= 4 is 0 Å². The van der Waals surface area contributed by atoms with E-state index in [1.54, 1.807) is 6.07 Å². The first-order chi connectivity index (χ1) is 6.81. The van der Waals surface area contributed by atoms with Crippen LogP contribution in [0.15, 0.2) is 18.2 Å². The van der Waals surface area contributed by atoms with Crippen molar-refractivity contribution in [1.29, 1.82) is 5.26 Å². The molecule has 1 fully saturated rings. The Morgan fingerprint density at radius 1 is 1.29 bits per heavy atom. The van der Waals surface area contributed by atoms with Crippen LogP contribution in [0.4, 0.5) is 4.39 Å². The van der Waals surface area contributed by atoms with Gasteiger partial charge in [0.25, 0.3) is 0 Å². The molecule has 1 saturated carbocycles. The Morgan fingerprint density at radius 2 is 2.00 bits per heavy atom. The first-order valence-electron chi connectivity index (χ1n) is 5.01. The Labute approximate surface area is 83.2 Å². The van der Waals surface area contributed by atoms with Crippen LogP contribution in [-0.2, 0) is 0 Å². The van der Waals surface area contributed by atoms with Crippen molar-refractivity contribution in [2.75, 3.05) is 0 Å². The highest BCUT2D eigenvalue weighted by Crippen LogP contribution is 2.34. The number of nitriles is 1. The van der Waals surface area contributed by atoms with Gasteiger partial charge in [0, 0.05) is 0 Å². The van der Waals surface area contributed by atoms with Gasteiger partial charge in [-0.25, -0.2) is 4.39 Å². The van der Waals surface area contributed by atoms with E-state index in [4.69, 9.17) is 5.26 Å². The van der Waals surface area contributed by atoms with Crippen molar-refractivity contribution < 1.29 is 4.39 Å². The fraction of sp³-hybridized carbons (Fsp3) is 0.417. The molecule has 0 spiro atoms. The number of hydrogen-bond acceptors (Lipinski definition) is 1. The average molecular weight is 189 g/mol. The van der Waals surface area contributed by atoms with Crippen LogP contribution in [0.2, 0.25) is 0 Å². The molecule has 0 atom stereocenters. The van der Waals surface area contributed by atoms with Crippen molar-refractivity contribution in [3.8, 4) is 6.07 Å². The lowest BCUT2D eigenvalue weighted by Crippen LogP contribution is -1.94. The van der Waals surface area contributed by atoms with Gasteiger partial charge in [0.15, 0.2) is 0 Å². The normalized spacial score (nSPS) is 16.9. The molecule has 0 saturated heterocycles. The molecule has 0 aliphatic heterocycles. The van der Waals surface area contributed by atoms with Gasteiger partial charge < -0.3 is 0 Å². The molecule has 0 bridgehead atoms. The lowest BCUT2D eigenvalue weighted by atomic mass is 9.96. The molecule has 0 aromatic heterocycles. The quantitative estimate of drug-likeness (QED) is 0.664. The highest BCUT2D eigenvalue weighted by Gasteiger charge is 2.17. The molecule has 1 aromatic carbocycles. The van der Waals surface area contributed by atoms with Gasteiger partial charge >= 0.3 is 0 Å². The van der Waals surface area contributed by atoms with Crippen LogP contribution in [0.1, 0.15) is 42.7 Å². The summed E-state index contributed by atoms with van der Waals surface area (Å²) in [5.74, 6) is 0.136. The van der Waals surface area contributed by atoms with Crippen LogP contribution in [0.3, 0.4) is 0 Å². The van der Waals surface area contributed by atoms with Crippen molar-refractivity contribution in [2.24, 2.45) is 0 Å². The molecule has 1 aromatic rings. The van der Waals surface area contributed by atoms with Crippen LogP contribution in [-0.4, -0.2) is 0 Å². The van der Waals surface area contributed by atoms with E-state index >= 15 is 0 Å². The summed E-state index contributed by atoms with van der Waals surface area (Å²) in [5, 5.41) is 8.70. The average Bonchev–Trinajstić information content (AvgIpc) is 2.71. The van der Waals surface area contributed by atoms with Crippen LogP contribution < -0.4 is 0 Å². The minimum atomic E-state index is -0.408. The Morgan fingerprint density at radius 3 is 2.64 bits per heavy atom. The molecule has 1 aliphatic carbocycles. The van der Waals surface area contributed by atoms with Gasteiger partial charge in [0.2, 0.25) is 0 Å². The highest BCUT2D eigenvalue weighted by atomic mass is 19.1. The van der Waals surface area contributed by atoms with E-state index < -0.39 is 5.82 Å². The van der Waals surface area contributed by atoms with Crippen LogP contribution in [0, 0.1) is 17.1 Å². The van der Waals surface area contributed by atoms with Crippen molar-refractivity contribution in [3.05, 3.63) is 35.1 Å². The van der Waals surface area contributed by atoms with Crippen LogP contribution in [0.25, 0.3) is 0 Å². The number of benzene rings is 1. The Bertz CT molecular complexity index is 372. The summed E-state index contributed by atoms with van der Waals surface area (Å²) < 4.78 is 13.0. The zero-order valence-electron chi connectivity index (χ0n) is 7.96. The standard InChI is InChI=1S/C12H12FN/c13-12-6-5-10(7-11(12)8-14)9-3-1-2-4-9/h5-7,9H,1-4H2. The maximum atomic E-state index is 13.0. The van der Waals surface area contributed by atoms with Gasteiger partial charge in [-0.1, -0.05) is 18.9 Å². The van der Waals surface area contributed by atoms with E-state index in [0.717, 1.165) is 5.56 Å². The topological polar surface area (TPSA) is 23.8 Å². The van der Waals surface area contributed by atoms with E-state index in [-0.39, 0.29) is 5.56 Å². The monoisotopic (exact) mass is 189 g/mol. The summed E-state index contributed by atoms with van der Waals surface area (Å²) in [7, 11) is 0. The van der Waals surface area contributed by atoms with Gasteiger partial charge in [-0.3, -0.25) is 0 Å². The lowest BCUT2D eigenvalue weighted by Gasteiger charge is -2.09. The number of rotatable bonds is 1. The summed E-state index contributed by atoms with van der Waals surface area (Å²) in [6, 6.07) is 6.80. The molecule has 1 aliphatic rings. The van der Waals surface area contributed by atoms with E-state index in [1.807, 2.05) is 12.1 Å². The number of nitrogens with zero attached hydrogens (tertiary/aromatic N) is 1. The summed E-state index contributed by atoms with van der Waals surface area (Å²) in [5.41, 5.74) is 1.30. The molecule has 0 unspecified atom stereocenters. The SMILES string of the molecule is N#Cc1cc(C2CCCC2)ccc1F. The third-order valence-corrected chi connectivity index (χ3v) is 2.94. The molecular formula is C12H12FN. The summed E-state index contributed by atoms with van der Waals surface area (Å²) in [4.78, 5) is 0. The Hall–Kier alpha value is -1.36. The second-order valence-electron chi connectivity index (χ2n) is 3.83. The predicted molar refractivity (Wildman–Crippen MR) is 52.3 cm³/mol. The zero-order valence-corrected chi connectivity index (χ0v) is 7.96. The molecule has 2 rings (SSSR count). The molecule has 0 radical (unpaired) electrons. The third kappa shape index (κ3) is 1.63. The first kappa shape index (κ1) is 9.21. The fourth-order valence-electron chi connectivity index (χ4n) is 2.14. The summed E-state index contributed by atoms with van der Waals surface area (Å²) in [6.07, 6.45) is 4.86. The zero-order chi connectivity index (χ0) is 9.97. The smallest absolute Gasteiger partial charge is 0.140 e. The molecule has 0 heterocycles. The second kappa shape index (κ2) is 3.79. The molecule has 0 N–H and O–H groups in total. The van der Waals surface area contributed by atoms with Gasteiger partial charge in [-0.05, 0) is 36.5 Å². The Kier molecular flexibility index (Phi) is 2.49. The van der Waals surface area contributed by atoms with E-state index in [1.165, 1.54) is 31.7 Å². The minimum absolute atomic E-state index is 0.175. The van der Waals surface area contributed by atoms with Crippen LogP contribution in [0.5, 0.6) is 0 Å². The second-order valence-corrected chi connectivity index (χ2v) is 3.83. The largest absolute Gasteiger partial charge is 0.206 e. The van der Waals surface area contributed by atoms with Crippen LogP contribution >= 0.6 is 0 Å². The molecule has 14 heavy (non-hydrogen) atoms. The summed E-state index contributed by atoms with van der Waals surface area (Å²) >= 11 is 0. The maximum Gasteiger partial charge on any atom is 0.140 e. The van der Waals surface area contributed by atoms with E-state index in [9.17, 15) is 4.39 Å². The van der Waals surface area contributed by atoms with Crippen molar-refractivity contribution in [3.63, 3.8) is 0 Å². The predicted octanol–water partition coefficient (Wildman–Crippen LogP) is 3.35. The van der Waals surface area contributed by atoms with Crippen molar-refractivity contribution in [1.82, 2.24) is 0 Å². The highest BCUT2D eigenvalue weighted by molar-refractivity contribution is 5.36. The third-order valence-electron chi connectivity index (χ3n) is 2.94. The lowest BCUT2D eigenvalue weighted by molar-refractivity contribution is 0.620. The van der Waals surface area contributed by atoms with Gasteiger partial charge in [-0.15, -0.1) is 0 Å².